The number of ether oxygens (including phenoxy) is 9. The van der Waals surface area contributed by atoms with Crippen LogP contribution < -0.4 is 0 Å². The van der Waals surface area contributed by atoms with Crippen molar-refractivity contribution in [3.8, 4) is 0 Å². The molecule has 0 saturated carbocycles. The summed E-state index contributed by atoms with van der Waals surface area (Å²) in [6.45, 7) is 11.8. The lowest BCUT2D eigenvalue weighted by atomic mass is 9.99. The molecule has 0 aromatic carbocycles. The Morgan fingerprint density at radius 3 is 2.12 bits per heavy atom. The molecule has 4 aliphatic heterocycles. The summed E-state index contributed by atoms with van der Waals surface area (Å²) in [4.78, 5) is 23.1. The van der Waals surface area contributed by atoms with Gasteiger partial charge >= 0.3 is 11.9 Å². The van der Waals surface area contributed by atoms with E-state index >= 15 is 0 Å². The number of hydrogen-bond acceptors (Lipinski definition) is 11. The van der Waals surface area contributed by atoms with E-state index in [1.54, 1.807) is 6.92 Å². The van der Waals surface area contributed by atoms with Crippen LogP contribution in [0.4, 0.5) is 0 Å². The van der Waals surface area contributed by atoms with Crippen LogP contribution in [0.2, 0.25) is 0 Å². The molecule has 0 radical (unpaired) electrons. The Bertz CT molecular complexity index is 753. The predicted molar refractivity (Wildman–Crippen MR) is 109 cm³/mol. The van der Waals surface area contributed by atoms with Crippen LogP contribution in [0.5, 0.6) is 0 Å². The molecule has 188 valence electrons. The fraction of sp³-hybridized carbons (Fsp3) is 0.909. The van der Waals surface area contributed by atoms with Crippen molar-refractivity contribution in [2.75, 3.05) is 6.61 Å². The Hall–Kier alpha value is -1.34. The van der Waals surface area contributed by atoms with E-state index in [1.165, 1.54) is 13.8 Å². The highest BCUT2D eigenvalue weighted by Gasteiger charge is 2.60. The zero-order chi connectivity index (χ0) is 24.1. The number of hydrogen-bond donors (Lipinski definition) is 0. The van der Waals surface area contributed by atoms with Crippen molar-refractivity contribution in [3.05, 3.63) is 0 Å². The zero-order valence-corrected chi connectivity index (χ0v) is 20.1. The SMILES string of the molecule is CC(=O)O[C@H]1[C@H](C)O[C@H](OC[C@H]2O[C@@H]3OC(C)(C)O[C@@H]3[C@H]3OC(C)(C)O[C@H]32)C[C@@H]1OC(C)=O. The Labute approximate surface area is 193 Å². The summed E-state index contributed by atoms with van der Waals surface area (Å²) in [6.07, 6.45) is -4.84. The van der Waals surface area contributed by atoms with Crippen molar-refractivity contribution in [3.63, 3.8) is 0 Å². The second-order valence-electron chi connectivity index (χ2n) is 9.77. The minimum atomic E-state index is -0.810. The van der Waals surface area contributed by atoms with Gasteiger partial charge in [-0.15, -0.1) is 0 Å². The summed E-state index contributed by atoms with van der Waals surface area (Å²) < 4.78 is 52.9. The Balaban J connectivity index is 1.42. The maximum Gasteiger partial charge on any atom is 0.303 e. The Morgan fingerprint density at radius 2 is 1.45 bits per heavy atom. The molecule has 4 fully saturated rings. The number of carbonyl (C=O) groups is 2. The maximum atomic E-state index is 11.6. The van der Waals surface area contributed by atoms with E-state index in [4.69, 9.17) is 42.6 Å². The van der Waals surface area contributed by atoms with Crippen LogP contribution in [-0.2, 0) is 52.2 Å². The largest absolute Gasteiger partial charge is 0.458 e. The summed E-state index contributed by atoms with van der Waals surface area (Å²) in [7, 11) is 0. The van der Waals surface area contributed by atoms with Crippen molar-refractivity contribution in [1.82, 2.24) is 0 Å². The molecule has 9 atom stereocenters. The predicted octanol–water partition coefficient (Wildman–Crippen LogP) is 1.40. The molecule has 4 rings (SSSR count). The van der Waals surface area contributed by atoms with E-state index in [9.17, 15) is 9.59 Å². The first-order chi connectivity index (χ1) is 15.3. The van der Waals surface area contributed by atoms with Gasteiger partial charge in [-0.05, 0) is 34.6 Å². The third-order valence-electron chi connectivity index (χ3n) is 5.94. The molecular formula is C22H34O11. The van der Waals surface area contributed by atoms with Gasteiger partial charge in [0, 0.05) is 20.3 Å². The van der Waals surface area contributed by atoms with Gasteiger partial charge in [-0.1, -0.05) is 0 Å². The van der Waals surface area contributed by atoms with Crippen molar-refractivity contribution in [2.24, 2.45) is 0 Å². The topological polar surface area (TPSA) is 117 Å². The fourth-order valence-electron chi connectivity index (χ4n) is 4.83. The molecule has 4 saturated heterocycles. The quantitative estimate of drug-likeness (QED) is 0.538. The van der Waals surface area contributed by atoms with Gasteiger partial charge in [0.05, 0.1) is 12.7 Å². The van der Waals surface area contributed by atoms with Gasteiger partial charge in [-0.25, -0.2) is 0 Å². The van der Waals surface area contributed by atoms with Crippen LogP contribution in [0.15, 0.2) is 0 Å². The van der Waals surface area contributed by atoms with Gasteiger partial charge in [-0.2, -0.15) is 0 Å². The van der Waals surface area contributed by atoms with Crippen LogP contribution in [0.3, 0.4) is 0 Å². The standard InChI is InChI=1S/C22H34O11/c1-10-16(28-12(3)24)13(27-11(2)23)8-15(26-10)25-9-14-17-18(31-21(4,5)30-17)19-20(29-14)33-22(6,7)32-19/h10,13-20H,8-9H2,1-7H3/t10-,13-,14+,15-,16-,17-,18-,19+,20+/m0/s1. The average molecular weight is 475 g/mol. The molecule has 0 aromatic rings. The van der Waals surface area contributed by atoms with Gasteiger partial charge in [0.15, 0.2) is 30.3 Å². The van der Waals surface area contributed by atoms with Crippen molar-refractivity contribution in [2.45, 2.75) is 122 Å². The summed E-state index contributed by atoms with van der Waals surface area (Å²) in [5.74, 6) is -2.58. The van der Waals surface area contributed by atoms with Gasteiger partial charge in [0.2, 0.25) is 0 Å². The van der Waals surface area contributed by atoms with Gasteiger partial charge < -0.3 is 42.6 Å². The molecule has 0 aromatic heterocycles. The maximum absolute atomic E-state index is 11.6. The molecule has 0 spiro atoms. The lowest BCUT2D eigenvalue weighted by molar-refractivity contribution is -0.282. The molecule has 0 aliphatic carbocycles. The third-order valence-corrected chi connectivity index (χ3v) is 5.94. The second-order valence-corrected chi connectivity index (χ2v) is 9.77. The zero-order valence-electron chi connectivity index (χ0n) is 20.1. The Morgan fingerprint density at radius 1 is 0.848 bits per heavy atom. The van der Waals surface area contributed by atoms with E-state index < -0.39 is 72.7 Å². The summed E-state index contributed by atoms with van der Waals surface area (Å²) >= 11 is 0. The van der Waals surface area contributed by atoms with Crippen LogP contribution in [0.1, 0.15) is 54.9 Å². The van der Waals surface area contributed by atoms with Crippen LogP contribution >= 0.6 is 0 Å². The third kappa shape index (κ3) is 5.50. The lowest BCUT2D eigenvalue weighted by Gasteiger charge is -2.40. The van der Waals surface area contributed by atoms with Crippen LogP contribution in [-0.4, -0.2) is 85.4 Å². The fourth-order valence-corrected chi connectivity index (χ4v) is 4.83. The first-order valence-electron chi connectivity index (χ1n) is 11.3. The number of esters is 2. The van der Waals surface area contributed by atoms with Crippen molar-refractivity contribution >= 4 is 11.9 Å². The molecule has 0 bridgehead atoms. The van der Waals surface area contributed by atoms with E-state index in [0.29, 0.717) is 0 Å². The highest BCUT2D eigenvalue weighted by atomic mass is 16.9. The average Bonchev–Trinajstić information content (AvgIpc) is 3.15. The molecule has 11 nitrogen and oxygen atoms in total. The first kappa shape index (κ1) is 24.8. The molecule has 11 heteroatoms. The highest BCUT2D eigenvalue weighted by Crippen LogP contribution is 2.44. The monoisotopic (exact) mass is 474 g/mol. The highest BCUT2D eigenvalue weighted by molar-refractivity contribution is 5.67. The summed E-state index contributed by atoms with van der Waals surface area (Å²) in [6, 6.07) is 0. The minimum Gasteiger partial charge on any atom is -0.458 e. The molecule has 0 unspecified atom stereocenters. The number of carbonyl (C=O) groups excluding carboxylic acids is 2. The minimum absolute atomic E-state index is 0.121. The number of fused-ring (bicyclic) bond motifs is 3. The molecule has 0 N–H and O–H groups in total. The summed E-state index contributed by atoms with van der Waals surface area (Å²) in [5, 5.41) is 0. The van der Waals surface area contributed by atoms with Crippen molar-refractivity contribution in [1.29, 1.82) is 0 Å². The molecule has 4 heterocycles. The Kier molecular flexibility index (Phi) is 6.78. The molecular weight excluding hydrogens is 440 g/mol. The van der Waals surface area contributed by atoms with Gasteiger partial charge in [0.25, 0.3) is 0 Å². The lowest BCUT2D eigenvalue weighted by Crippen LogP contribution is -2.57. The number of rotatable bonds is 5. The second kappa shape index (κ2) is 9.03. The first-order valence-corrected chi connectivity index (χ1v) is 11.3. The van der Waals surface area contributed by atoms with Crippen LogP contribution in [0, 0.1) is 0 Å². The normalized spacial score (nSPS) is 43.4. The van der Waals surface area contributed by atoms with E-state index in [1.807, 2.05) is 27.7 Å². The summed E-state index contributed by atoms with van der Waals surface area (Å²) in [5.41, 5.74) is 0. The van der Waals surface area contributed by atoms with E-state index in [-0.39, 0.29) is 19.1 Å². The smallest absolute Gasteiger partial charge is 0.303 e. The van der Waals surface area contributed by atoms with E-state index in [0.717, 1.165) is 0 Å². The van der Waals surface area contributed by atoms with E-state index in [2.05, 4.69) is 0 Å². The molecule has 0 amide bonds. The molecule has 33 heavy (non-hydrogen) atoms. The van der Waals surface area contributed by atoms with Gasteiger partial charge in [0.1, 0.15) is 30.5 Å². The van der Waals surface area contributed by atoms with Crippen LogP contribution in [0.25, 0.3) is 0 Å². The van der Waals surface area contributed by atoms with Gasteiger partial charge in [-0.3, -0.25) is 9.59 Å². The molecule has 4 aliphatic rings. The van der Waals surface area contributed by atoms with Crippen molar-refractivity contribution < 1.29 is 52.2 Å².